The van der Waals surface area contributed by atoms with E-state index in [1.54, 1.807) is 6.07 Å². The van der Waals surface area contributed by atoms with Gasteiger partial charge in [0.15, 0.2) is 5.58 Å². The molecule has 0 radical (unpaired) electrons. The maximum absolute atomic E-state index is 13.8. The number of rotatable bonds is 5. The van der Waals surface area contributed by atoms with Crippen molar-refractivity contribution in [1.29, 1.82) is 0 Å². The molecule has 4 rings (SSSR count). The molecule has 0 spiro atoms. The predicted octanol–water partition coefficient (Wildman–Crippen LogP) is 3.50. The van der Waals surface area contributed by atoms with Gasteiger partial charge in [-0.15, -0.1) is 0 Å². The Bertz CT molecular complexity index is 1170. The molecule has 1 aliphatic rings. The Balaban J connectivity index is 1.89. The summed E-state index contributed by atoms with van der Waals surface area (Å²) >= 11 is 0. The number of fused-ring (bicyclic) bond motifs is 1. The molecule has 0 bridgehead atoms. The fraction of sp³-hybridized carbons (Fsp3) is 0.318. The largest absolute Gasteiger partial charge is 0.507 e. The first-order chi connectivity index (χ1) is 14.8. The number of ether oxygens (including phenoxy) is 2. The summed E-state index contributed by atoms with van der Waals surface area (Å²) in [5.41, 5.74) is -1.05. The third kappa shape index (κ3) is 4.18. The minimum atomic E-state index is -4.98. The summed E-state index contributed by atoms with van der Waals surface area (Å²) in [6, 6.07) is 8.44. The molecule has 3 aromatic rings. The van der Waals surface area contributed by atoms with Gasteiger partial charge in [0.05, 0.1) is 31.1 Å². The van der Waals surface area contributed by atoms with E-state index in [2.05, 4.69) is 0 Å². The van der Waals surface area contributed by atoms with Crippen LogP contribution in [0, 0.1) is 0 Å². The molecule has 2 aromatic carbocycles. The number of benzene rings is 2. The van der Waals surface area contributed by atoms with E-state index in [1.807, 2.05) is 0 Å². The van der Waals surface area contributed by atoms with Crippen molar-refractivity contribution in [3.8, 4) is 23.0 Å². The number of methoxy groups -OCH3 is 1. The minimum Gasteiger partial charge on any atom is -0.507 e. The second-order valence-corrected chi connectivity index (χ2v) is 7.44. The van der Waals surface area contributed by atoms with Gasteiger partial charge in [-0.3, -0.25) is 4.79 Å². The lowest BCUT2D eigenvalue weighted by Gasteiger charge is -2.17. The number of phenolic OH excluding ortho intramolecular Hbond substituents is 1. The van der Waals surface area contributed by atoms with Crippen molar-refractivity contribution in [3.05, 3.63) is 57.9 Å². The highest BCUT2D eigenvalue weighted by molar-refractivity contribution is 5.83. The van der Waals surface area contributed by atoms with Gasteiger partial charge in [-0.2, -0.15) is 13.2 Å². The molecule has 2 N–H and O–H groups in total. The maximum atomic E-state index is 13.8. The molecule has 164 valence electrons. The standard InChI is InChI=1S/C22H20F3NO5/c1-29-13-5-4-6-14(11-13)30-20-18(28)15-7-8-17(27)16(12-26-9-2-3-10-26)19(15)31-21(20)22(23,24)25/h4-8,11,27H,2-3,9-10,12H2,1H3/p+1. The molecule has 0 unspecified atom stereocenters. The Morgan fingerprint density at radius 2 is 1.84 bits per heavy atom. The van der Waals surface area contributed by atoms with Gasteiger partial charge in [-0.1, -0.05) is 6.07 Å². The van der Waals surface area contributed by atoms with Crippen molar-refractivity contribution in [3.63, 3.8) is 0 Å². The summed E-state index contributed by atoms with van der Waals surface area (Å²) < 4.78 is 57.1. The Labute approximate surface area is 175 Å². The number of nitrogens with one attached hydrogen (secondary N) is 1. The SMILES string of the molecule is COc1cccc(Oc2c(C(F)(F)F)oc3c(C[NH+]4CCCC4)c(O)ccc3c2=O)c1. The van der Waals surface area contributed by atoms with Crippen molar-refractivity contribution in [2.75, 3.05) is 20.2 Å². The van der Waals surface area contributed by atoms with Crippen molar-refractivity contribution < 1.29 is 37.1 Å². The van der Waals surface area contributed by atoms with E-state index in [4.69, 9.17) is 13.9 Å². The first-order valence-electron chi connectivity index (χ1n) is 9.82. The molecule has 0 saturated carbocycles. The van der Waals surface area contributed by atoms with Gasteiger partial charge in [0.2, 0.25) is 11.2 Å². The topological polar surface area (TPSA) is 73.3 Å². The molecule has 2 heterocycles. The van der Waals surface area contributed by atoms with Crippen LogP contribution in [0.25, 0.3) is 11.0 Å². The van der Waals surface area contributed by atoms with Crippen LogP contribution in [-0.2, 0) is 12.7 Å². The normalized spacial score (nSPS) is 14.8. The zero-order valence-corrected chi connectivity index (χ0v) is 16.7. The first kappa shape index (κ1) is 21.0. The van der Waals surface area contributed by atoms with Crippen LogP contribution in [0.2, 0.25) is 0 Å². The van der Waals surface area contributed by atoms with Crippen molar-refractivity contribution in [2.45, 2.75) is 25.6 Å². The molecule has 0 atom stereocenters. The summed E-state index contributed by atoms with van der Waals surface area (Å²) in [5.74, 6) is -2.35. The molecule has 0 aliphatic carbocycles. The van der Waals surface area contributed by atoms with Crippen LogP contribution in [0.3, 0.4) is 0 Å². The lowest BCUT2D eigenvalue weighted by molar-refractivity contribution is -0.901. The van der Waals surface area contributed by atoms with Crippen molar-refractivity contribution >= 4 is 11.0 Å². The number of quaternary nitrogens is 1. The highest BCUT2D eigenvalue weighted by Gasteiger charge is 2.41. The highest BCUT2D eigenvalue weighted by Crippen LogP contribution is 2.40. The van der Waals surface area contributed by atoms with Gasteiger partial charge in [0.1, 0.15) is 23.8 Å². The molecule has 1 saturated heterocycles. The second kappa shape index (κ2) is 8.14. The van der Waals surface area contributed by atoms with Crippen LogP contribution < -0.4 is 19.8 Å². The Kier molecular flexibility index (Phi) is 5.53. The van der Waals surface area contributed by atoms with Crippen molar-refractivity contribution in [1.82, 2.24) is 0 Å². The molecular weight excluding hydrogens is 415 g/mol. The number of aromatic hydroxyl groups is 1. The first-order valence-corrected chi connectivity index (χ1v) is 9.82. The van der Waals surface area contributed by atoms with Gasteiger partial charge in [0, 0.05) is 18.9 Å². The molecular formula is C22H21F3NO5+. The van der Waals surface area contributed by atoms with Crippen LogP contribution in [-0.4, -0.2) is 25.3 Å². The Morgan fingerprint density at radius 3 is 2.52 bits per heavy atom. The van der Waals surface area contributed by atoms with Gasteiger partial charge in [-0.25, -0.2) is 0 Å². The third-order valence-electron chi connectivity index (χ3n) is 5.35. The van der Waals surface area contributed by atoms with Crippen LogP contribution in [0.4, 0.5) is 13.2 Å². The van der Waals surface area contributed by atoms with Crippen LogP contribution in [0.15, 0.2) is 45.6 Å². The molecule has 0 amide bonds. The number of phenols is 1. The summed E-state index contributed by atoms with van der Waals surface area (Å²) in [4.78, 5) is 14.2. The lowest BCUT2D eigenvalue weighted by atomic mass is 10.1. The summed E-state index contributed by atoms with van der Waals surface area (Å²) in [6.07, 6.45) is -2.99. The lowest BCUT2D eigenvalue weighted by Crippen LogP contribution is -3.08. The van der Waals surface area contributed by atoms with E-state index >= 15 is 0 Å². The monoisotopic (exact) mass is 436 g/mol. The van der Waals surface area contributed by atoms with Gasteiger partial charge in [-0.05, 0) is 24.3 Å². The van der Waals surface area contributed by atoms with Gasteiger partial charge >= 0.3 is 6.18 Å². The van der Waals surface area contributed by atoms with Crippen LogP contribution >= 0.6 is 0 Å². The molecule has 6 nitrogen and oxygen atoms in total. The van der Waals surface area contributed by atoms with E-state index in [9.17, 15) is 23.1 Å². The zero-order chi connectivity index (χ0) is 22.2. The van der Waals surface area contributed by atoms with E-state index < -0.39 is 23.1 Å². The quantitative estimate of drug-likeness (QED) is 0.641. The molecule has 1 aliphatic heterocycles. The average molecular weight is 436 g/mol. The minimum absolute atomic E-state index is 0.00277. The fourth-order valence-electron chi connectivity index (χ4n) is 3.82. The van der Waals surface area contributed by atoms with E-state index in [0.29, 0.717) is 5.75 Å². The van der Waals surface area contributed by atoms with Crippen molar-refractivity contribution in [2.24, 2.45) is 0 Å². The summed E-state index contributed by atoms with van der Waals surface area (Å²) in [6.45, 7) is 1.94. The molecule has 1 aromatic heterocycles. The number of halogens is 3. The Hall–Kier alpha value is -3.20. The van der Waals surface area contributed by atoms with Gasteiger partial charge < -0.3 is 23.9 Å². The van der Waals surface area contributed by atoms with Gasteiger partial charge in [0.25, 0.3) is 5.76 Å². The number of alkyl halides is 3. The molecule has 9 heteroatoms. The number of hydrogen-bond donors (Lipinski definition) is 2. The van der Waals surface area contributed by atoms with Crippen LogP contribution in [0.1, 0.15) is 24.2 Å². The predicted molar refractivity (Wildman–Crippen MR) is 106 cm³/mol. The molecule has 31 heavy (non-hydrogen) atoms. The smallest absolute Gasteiger partial charge is 0.453 e. The number of hydrogen-bond acceptors (Lipinski definition) is 5. The highest BCUT2D eigenvalue weighted by atomic mass is 19.4. The Morgan fingerprint density at radius 1 is 1.13 bits per heavy atom. The van der Waals surface area contributed by atoms with E-state index in [1.165, 1.54) is 37.4 Å². The summed E-state index contributed by atoms with van der Waals surface area (Å²) in [7, 11) is 1.40. The summed E-state index contributed by atoms with van der Waals surface area (Å²) in [5, 5.41) is 10.2. The number of likely N-dealkylation sites (tertiary alicyclic amines) is 1. The third-order valence-corrected chi connectivity index (χ3v) is 5.35. The second-order valence-electron chi connectivity index (χ2n) is 7.44. The van der Waals surface area contributed by atoms with Crippen LogP contribution in [0.5, 0.6) is 23.0 Å². The average Bonchev–Trinajstić information content (AvgIpc) is 3.24. The zero-order valence-electron chi connectivity index (χ0n) is 16.7. The van der Waals surface area contributed by atoms with E-state index in [-0.39, 0.29) is 34.6 Å². The van der Waals surface area contributed by atoms with E-state index in [0.717, 1.165) is 30.8 Å². The molecule has 1 fully saturated rings. The maximum Gasteiger partial charge on any atom is 0.453 e. The fourth-order valence-corrected chi connectivity index (χ4v) is 3.82.